The lowest BCUT2D eigenvalue weighted by Gasteiger charge is -2.20. The van der Waals surface area contributed by atoms with E-state index >= 15 is 0 Å². The topological polar surface area (TPSA) is 57.3 Å². The van der Waals surface area contributed by atoms with Crippen LogP contribution in [0.4, 0.5) is 5.82 Å². The van der Waals surface area contributed by atoms with Crippen LogP contribution in [0.5, 0.6) is 0 Å². The van der Waals surface area contributed by atoms with Crippen molar-refractivity contribution >= 4 is 11.7 Å². The predicted octanol–water partition coefficient (Wildman–Crippen LogP) is 0.373. The smallest absolute Gasteiger partial charge is 0.239 e. The van der Waals surface area contributed by atoms with E-state index in [1.165, 1.54) is 0 Å². The molecule has 0 unspecified atom stereocenters. The Hall–Kier alpha value is -1.62. The summed E-state index contributed by atoms with van der Waals surface area (Å²) in [6, 6.07) is 3.93. The van der Waals surface area contributed by atoms with Crippen molar-refractivity contribution in [2.24, 2.45) is 0 Å². The van der Waals surface area contributed by atoms with Gasteiger partial charge in [0.2, 0.25) is 5.91 Å². The summed E-state index contributed by atoms with van der Waals surface area (Å²) in [4.78, 5) is 17.5. The maximum Gasteiger partial charge on any atom is 0.239 e. The number of amides is 1. The van der Waals surface area contributed by atoms with Gasteiger partial charge in [0, 0.05) is 32.4 Å². The molecule has 94 valence electrons. The van der Waals surface area contributed by atoms with Crippen molar-refractivity contribution in [2.45, 2.75) is 13.5 Å². The number of nitrogens with zero attached hydrogens (tertiary/aromatic N) is 2. The lowest BCUT2D eigenvalue weighted by Crippen LogP contribution is -2.34. The fraction of sp³-hybridized carbons (Fsp3) is 0.500. The monoisotopic (exact) mass is 236 g/mol. The number of rotatable bonds is 6. The summed E-state index contributed by atoms with van der Waals surface area (Å²) < 4.78 is 0. The second-order valence-corrected chi connectivity index (χ2v) is 3.80. The maximum atomic E-state index is 11.3. The molecule has 0 spiro atoms. The van der Waals surface area contributed by atoms with Gasteiger partial charge in [-0.15, -0.1) is 0 Å². The van der Waals surface area contributed by atoms with Gasteiger partial charge >= 0.3 is 0 Å². The van der Waals surface area contributed by atoms with Crippen LogP contribution in [0, 0.1) is 0 Å². The Balaban J connectivity index is 2.77. The van der Waals surface area contributed by atoms with Crippen molar-refractivity contribution in [3.63, 3.8) is 0 Å². The van der Waals surface area contributed by atoms with Gasteiger partial charge in [-0.2, -0.15) is 0 Å². The second-order valence-electron chi connectivity index (χ2n) is 3.80. The number of anilines is 1. The minimum absolute atomic E-state index is 0.0208. The number of carbonyl (C=O) groups is 1. The molecular formula is C12H20N4O. The van der Waals surface area contributed by atoms with Crippen molar-refractivity contribution in [2.75, 3.05) is 32.1 Å². The van der Waals surface area contributed by atoms with Crippen LogP contribution in [0.1, 0.15) is 12.5 Å². The van der Waals surface area contributed by atoms with Gasteiger partial charge in [-0.3, -0.25) is 4.79 Å². The fourth-order valence-electron chi connectivity index (χ4n) is 1.54. The highest BCUT2D eigenvalue weighted by Gasteiger charge is 2.10. The molecule has 1 heterocycles. The Morgan fingerprint density at radius 2 is 2.29 bits per heavy atom. The van der Waals surface area contributed by atoms with Gasteiger partial charge in [0.15, 0.2) is 0 Å². The highest BCUT2D eigenvalue weighted by Crippen LogP contribution is 2.14. The molecule has 5 heteroatoms. The summed E-state index contributed by atoms with van der Waals surface area (Å²) in [5, 5.41) is 5.86. The molecule has 1 amide bonds. The first-order valence-corrected chi connectivity index (χ1v) is 5.75. The van der Waals surface area contributed by atoms with Crippen molar-refractivity contribution in [3.8, 4) is 0 Å². The lowest BCUT2D eigenvalue weighted by atomic mass is 10.2. The Bertz CT molecular complexity index is 367. The number of hydrogen-bond donors (Lipinski definition) is 2. The quantitative estimate of drug-likeness (QED) is 0.749. The van der Waals surface area contributed by atoms with Crippen LogP contribution < -0.4 is 15.5 Å². The predicted molar refractivity (Wildman–Crippen MR) is 69.0 cm³/mol. The maximum absolute atomic E-state index is 11.3. The molecule has 0 saturated carbocycles. The minimum Gasteiger partial charge on any atom is -0.358 e. The minimum atomic E-state index is -0.0208. The molecule has 0 aliphatic rings. The molecule has 0 bridgehead atoms. The third-order valence-corrected chi connectivity index (χ3v) is 2.45. The lowest BCUT2D eigenvalue weighted by molar-refractivity contribution is -0.119. The van der Waals surface area contributed by atoms with Gasteiger partial charge < -0.3 is 15.5 Å². The number of carbonyl (C=O) groups excluding carboxylic acids is 1. The Kier molecular flexibility index (Phi) is 5.42. The first kappa shape index (κ1) is 13.4. The van der Waals surface area contributed by atoms with E-state index in [1.807, 2.05) is 24.1 Å². The van der Waals surface area contributed by atoms with E-state index in [0.717, 1.165) is 24.5 Å². The molecule has 1 aromatic rings. The van der Waals surface area contributed by atoms with Crippen molar-refractivity contribution in [1.82, 2.24) is 15.6 Å². The number of aromatic nitrogens is 1. The second kappa shape index (κ2) is 6.85. The Labute approximate surface area is 102 Å². The van der Waals surface area contributed by atoms with Crippen LogP contribution >= 0.6 is 0 Å². The molecule has 5 nitrogen and oxygen atoms in total. The molecular weight excluding hydrogens is 216 g/mol. The van der Waals surface area contributed by atoms with Gasteiger partial charge in [0.1, 0.15) is 5.82 Å². The summed E-state index contributed by atoms with van der Waals surface area (Å²) in [5.41, 5.74) is 1.10. The van der Waals surface area contributed by atoms with Crippen LogP contribution in [-0.4, -0.2) is 38.1 Å². The van der Waals surface area contributed by atoms with Gasteiger partial charge in [-0.25, -0.2) is 4.98 Å². The molecule has 0 aromatic carbocycles. The average molecular weight is 236 g/mol. The Morgan fingerprint density at radius 1 is 1.53 bits per heavy atom. The number of pyridine rings is 1. The summed E-state index contributed by atoms with van der Waals surface area (Å²) in [5.74, 6) is 0.824. The van der Waals surface area contributed by atoms with Crippen molar-refractivity contribution < 1.29 is 4.79 Å². The van der Waals surface area contributed by atoms with Gasteiger partial charge in [0.05, 0.1) is 6.54 Å². The van der Waals surface area contributed by atoms with Crippen LogP contribution in [0.3, 0.4) is 0 Å². The van der Waals surface area contributed by atoms with Crippen molar-refractivity contribution in [1.29, 1.82) is 0 Å². The van der Waals surface area contributed by atoms with Gasteiger partial charge in [0.25, 0.3) is 0 Å². The zero-order valence-corrected chi connectivity index (χ0v) is 10.7. The van der Waals surface area contributed by atoms with Crippen LogP contribution in [0.15, 0.2) is 18.3 Å². The molecule has 0 atom stereocenters. The first-order valence-electron chi connectivity index (χ1n) is 5.75. The zero-order chi connectivity index (χ0) is 12.7. The largest absolute Gasteiger partial charge is 0.358 e. The van der Waals surface area contributed by atoms with Crippen LogP contribution in [0.2, 0.25) is 0 Å². The molecule has 0 saturated heterocycles. The average Bonchev–Trinajstić information content (AvgIpc) is 2.36. The molecule has 17 heavy (non-hydrogen) atoms. The molecule has 1 rings (SSSR count). The molecule has 2 N–H and O–H groups in total. The summed E-state index contributed by atoms with van der Waals surface area (Å²) in [7, 11) is 3.50. The van der Waals surface area contributed by atoms with Crippen molar-refractivity contribution in [3.05, 3.63) is 23.9 Å². The van der Waals surface area contributed by atoms with E-state index < -0.39 is 0 Å². The van der Waals surface area contributed by atoms with E-state index in [-0.39, 0.29) is 5.91 Å². The zero-order valence-electron chi connectivity index (χ0n) is 10.7. The SMILES string of the molecule is CCNCc1cccnc1N(C)CC(=O)NC. The molecule has 1 aromatic heterocycles. The van der Waals surface area contributed by atoms with E-state index in [1.54, 1.807) is 13.2 Å². The highest BCUT2D eigenvalue weighted by molar-refractivity contribution is 5.80. The third kappa shape index (κ3) is 4.03. The molecule has 0 radical (unpaired) electrons. The van der Waals surface area contributed by atoms with E-state index in [2.05, 4.69) is 22.5 Å². The fourth-order valence-corrected chi connectivity index (χ4v) is 1.54. The molecule has 0 aliphatic heterocycles. The van der Waals surface area contributed by atoms with Gasteiger partial charge in [-0.1, -0.05) is 13.0 Å². The number of likely N-dealkylation sites (N-methyl/N-ethyl adjacent to an activating group) is 2. The number of hydrogen-bond acceptors (Lipinski definition) is 4. The summed E-state index contributed by atoms with van der Waals surface area (Å²) >= 11 is 0. The molecule has 0 aliphatic carbocycles. The standard InChI is InChI=1S/C12H20N4O/c1-4-14-8-10-6-5-7-15-12(10)16(3)9-11(17)13-2/h5-7,14H,4,8-9H2,1-3H3,(H,13,17). The Morgan fingerprint density at radius 3 is 2.94 bits per heavy atom. The summed E-state index contributed by atoms with van der Waals surface area (Å²) in [6.45, 7) is 4.04. The normalized spacial score (nSPS) is 10.1. The van der Waals surface area contributed by atoms with E-state index in [9.17, 15) is 4.79 Å². The van der Waals surface area contributed by atoms with Gasteiger partial charge in [-0.05, 0) is 12.6 Å². The van der Waals surface area contributed by atoms with E-state index in [0.29, 0.717) is 6.54 Å². The van der Waals surface area contributed by atoms with Crippen LogP contribution in [0.25, 0.3) is 0 Å². The first-order chi connectivity index (χ1) is 8.19. The molecule has 0 fully saturated rings. The highest BCUT2D eigenvalue weighted by atomic mass is 16.1. The van der Waals surface area contributed by atoms with Crippen LogP contribution in [-0.2, 0) is 11.3 Å². The van der Waals surface area contributed by atoms with E-state index in [4.69, 9.17) is 0 Å². The summed E-state index contributed by atoms with van der Waals surface area (Å²) in [6.07, 6.45) is 1.74. The third-order valence-electron chi connectivity index (χ3n) is 2.45. The number of nitrogens with one attached hydrogen (secondary N) is 2.